The molecule has 1 heterocycles. The number of likely N-dealkylation sites (tertiary alicyclic amines) is 1. The first kappa shape index (κ1) is 28.7. The first-order valence-corrected chi connectivity index (χ1v) is 13.6. The Morgan fingerprint density at radius 2 is 1.69 bits per heavy atom. The molecule has 2 atom stereocenters. The fourth-order valence-electron chi connectivity index (χ4n) is 5.61. The van der Waals surface area contributed by atoms with E-state index < -0.39 is 0 Å². The van der Waals surface area contributed by atoms with E-state index in [-0.39, 0.29) is 13.2 Å². The van der Waals surface area contributed by atoms with Gasteiger partial charge in [-0.1, -0.05) is 18.9 Å². The number of carbonyl (C=O) groups is 1. The second-order valence-electron chi connectivity index (χ2n) is 10.4. The second-order valence-corrected chi connectivity index (χ2v) is 10.4. The highest BCUT2D eigenvalue weighted by Gasteiger charge is 2.38. The number of methoxy groups -OCH3 is 2. The topological polar surface area (TPSA) is 85.7 Å². The van der Waals surface area contributed by atoms with Crippen LogP contribution in [0.15, 0.2) is 18.2 Å². The van der Waals surface area contributed by atoms with E-state index in [2.05, 4.69) is 15.9 Å². The van der Waals surface area contributed by atoms with Gasteiger partial charge in [-0.05, 0) is 57.6 Å². The van der Waals surface area contributed by atoms with E-state index >= 15 is 0 Å². The summed E-state index contributed by atoms with van der Waals surface area (Å²) >= 11 is 0. The SMILES string of the molecule is CN(CCO)CCO.COc1ccc(CN(CC(=O)N2CCCC3CCCC[C@@H]32)C2CC2)c(OC)c1. The zero-order chi connectivity index (χ0) is 25.9. The predicted molar refractivity (Wildman–Crippen MR) is 141 cm³/mol. The number of nitrogens with zero attached hydrogens (tertiary/aromatic N) is 3. The Hall–Kier alpha value is -1.87. The summed E-state index contributed by atoms with van der Waals surface area (Å²) in [6.07, 6.45) is 9.99. The van der Waals surface area contributed by atoms with E-state index in [4.69, 9.17) is 19.7 Å². The van der Waals surface area contributed by atoms with Crippen molar-refractivity contribution in [3.8, 4) is 11.5 Å². The Morgan fingerprint density at radius 3 is 2.33 bits per heavy atom. The molecule has 0 spiro atoms. The van der Waals surface area contributed by atoms with Crippen LogP contribution in [0.2, 0.25) is 0 Å². The zero-order valence-electron chi connectivity index (χ0n) is 22.5. The molecule has 2 N–H and O–H groups in total. The molecule has 1 unspecified atom stereocenters. The number of hydrogen-bond donors (Lipinski definition) is 2. The predicted octanol–water partition coefficient (Wildman–Crippen LogP) is 2.75. The highest BCUT2D eigenvalue weighted by molar-refractivity contribution is 5.79. The Bertz CT molecular complexity index is 795. The number of aliphatic hydroxyl groups excluding tert-OH is 2. The first-order chi connectivity index (χ1) is 17.5. The molecule has 1 aliphatic heterocycles. The van der Waals surface area contributed by atoms with Gasteiger partial charge in [0.2, 0.25) is 5.91 Å². The smallest absolute Gasteiger partial charge is 0.237 e. The highest BCUT2D eigenvalue weighted by Crippen LogP contribution is 2.36. The van der Waals surface area contributed by atoms with E-state index in [1.165, 1.54) is 51.4 Å². The van der Waals surface area contributed by atoms with Gasteiger partial charge in [0.1, 0.15) is 11.5 Å². The van der Waals surface area contributed by atoms with Gasteiger partial charge in [-0.15, -0.1) is 0 Å². The van der Waals surface area contributed by atoms with E-state index in [0.717, 1.165) is 36.1 Å². The number of benzene rings is 1. The molecular weight excluding hydrogens is 458 g/mol. The molecule has 204 valence electrons. The van der Waals surface area contributed by atoms with Crippen LogP contribution in [0.4, 0.5) is 0 Å². The number of ether oxygens (including phenoxy) is 2. The third kappa shape index (κ3) is 8.33. The van der Waals surface area contributed by atoms with Crippen LogP contribution in [0.5, 0.6) is 11.5 Å². The van der Waals surface area contributed by atoms with Crippen LogP contribution >= 0.6 is 0 Å². The Morgan fingerprint density at radius 1 is 1.00 bits per heavy atom. The standard InChI is InChI=1S/C23H34N2O3.C5H13NO2/c1-27-20-12-9-18(22(14-20)28-2)15-24(19-10-11-19)16-23(26)25-13-5-7-17-6-3-4-8-21(17)25;1-6(2-4-7)3-5-8/h9,12,14,17,19,21H,3-8,10-11,13,15-16H2,1-2H3;7-8H,2-5H2,1H3/t17?,21-;/m0./s1. The van der Waals surface area contributed by atoms with Gasteiger partial charge in [0, 0.05) is 49.9 Å². The van der Waals surface area contributed by atoms with Gasteiger partial charge < -0.3 is 29.5 Å². The van der Waals surface area contributed by atoms with Gasteiger partial charge in [-0.25, -0.2) is 0 Å². The highest BCUT2D eigenvalue weighted by atomic mass is 16.5. The first-order valence-electron chi connectivity index (χ1n) is 13.6. The maximum absolute atomic E-state index is 13.3. The molecule has 2 saturated carbocycles. The number of amides is 1. The van der Waals surface area contributed by atoms with E-state index in [0.29, 0.717) is 37.6 Å². The molecule has 8 heteroatoms. The zero-order valence-corrected chi connectivity index (χ0v) is 22.5. The number of rotatable bonds is 11. The number of likely N-dealkylation sites (N-methyl/N-ethyl adjacent to an activating group) is 1. The minimum Gasteiger partial charge on any atom is -0.497 e. The van der Waals surface area contributed by atoms with Crippen molar-refractivity contribution in [2.45, 2.75) is 70.0 Å². The number of piperidine rings is 1. The number of aliphatic hydroxyl groups is 2. The maximum atomic E-state index is 13.3. The summed E-state index contributed by atoms with van der Waals surface area (Å²) in [5.74, 6) is 2.70. The lowest BCUT2D eigenvalue weighted by Crippen LogP contribution is -2.52. The molecule has 1 saturated heterocycles. The van der Waals surface area contributed by atoms with E-state index in [1.54, 1.807) is 14.2 Å². The molecule has 0 bridgehead atoms. The van der Waals surface area contributed by atoms with Crippen LogP contribution in [0.25, 0.3) is 0 Å². The van der Waals surface area contributed by atoms with E-state index in [9.17, 15) is 4.79 Å². The van der Waals surface area contributed by atoms with Gasteiger partial charge in [0.05, 0.1) is 34.0 Å². The molecular formula is C28H47N3O5. The van der Waals surface area contributed by atoms with Crippen LogP contribution < -0.4 is 9.47 Å². The second kappa shape index (κ2) is 14.8. The van der Waals surface area contributed by atoms with Crippen molar-refractivity contribution in [1.29, 1.82) is 0 Å². The molecule has 0 aromatic heterocycles. The Kier molecular flexibility index (Phi) is 11.8. The molecule has 1 aromatic rings. The lowest BCUT2D eigenvalue weighted by molar-refractivity contribution is -0.139. The minimum absolute atomic E-state index is 0.163. The lowest BCUT2D eigenvalue weighted by Gasteiger charge is -2.44. The monoisotopic (exact) mass is 505 g/mol. The van der Waals surface area contributed by atoms with Crippen LogP contribution in [-0.4, -0.2) is 104 Å². The number of hydrogen-bond acceptors (Lipinski definition) is 7. The van der Waals surface area contributed by atoms with Crippen molar-refractivity contribution in [2.24, 2.45) is 5.92 Å². The van der Waals surface area contributed by atoms with Crippen LogP contribution in [0.1, 0.15) is 56.9 Å². The molecule has 4 rings (SSSR count). The van der Waals surface area contributed by atoms with Gasteiger partial charge >= 0.3 is 0 Å². The molecule has 3 aliphatic rings. The van der Waals surface area contributed by atoms with Gasteiger partial charge in [-0.3, -0.25) is 9.69 Å². The lowest BCUT2D eigenvalue weighted by atomic mass is 9.78. The molecule has 1 amide bonds. The van der Waals surface area contributed by atoms with Gasteiger partial charge in [0.15, 0.2) is 0 Å². The summed E-state index contributed by atoms with van der Waals surface area (Å²) in [4.78, 5) is 19.7. The summed E-state index contributed by atoms with van der Waals surface area (Å²) in [5, 5.41) is 16.7. The number of carbonyl (C=O) groups excluding carboxylic acids is 1. The average molecular weight is 506 g/mol. The minimum atomic E-state index is 0.163. The van der Waals surface area contributed by atoms with Crippen molar-refractivity contribution in [1.82, 2.24) is 14.7 Å². The van der Waals surface area contributed by atoms with Crippen LogP contribution in [0, 0.1) is 5.92 Å². The van der Waals surface area contributed by atoms with Crippen molar-refractivity contribution in [3.63, 3.8) is 0 Å². The van der Waals surface area contributed by atoms with Crippen molar-refractivity contribution < 1.29 is 24.5 Å². The fraction of sp³-hybridized carbons (Fsp3) is 0.750. The Labute approximate surface area is 217 Å². The summed E-state index contributed by atoms with van der Waals surface area (Å²) in [5.41, 5.74) is 1.12. The molecule has 3 fully saturated rings. The van der Waals surface area contributed by atoms with Crippen molar-refractivity contribution in [3.05, 3.63) is 23.8 Å². The summed E-state index contributed by atoms with van der Waals surface area (Å²) in [6, 6.07) is 6.99. The quantitative estimate of drug-likeness (QED) is 0.478. The molecule has 2 aliphatic carbocycles. The third-order valence-corrected chi connectivity index (χ3v) is 7.80. The molecule has 1 aromatic carbocycles. The molecule has 36 heavy (non-hydrogen) atoms. The third-order valence-electron chi connectivity index (χ3n) is 7.80. The maximum Gasteiger partial charge on any atom is 0.237 e. The normalized spacial score (nSPS) is 21.6. The molecule has 0 radical (unpaired) electrons. The van der Waals surface area contributed by atoms with Crippen molar-refractivity contribution in [2.75, 3.05) is 60.7 Å². The van der Waals surface area contributed by atoms with Crippen LogP contribution in [0.3, 0.4) is 0 Å². The number of fused-ring (bicyclic) bond motifs is 1. The molecule has 8 nitrogen and oxygen atoms in total. The Balaban J connectivity index is 0.000000392. The van der Waals surface area contributed by atoms with E-state index in [1.807, 2.05) is 24.1 Å². The van der Waals surface area contributed by atoms with Gasteiger partial charge in [0.25, 0.3) is 0 Å². The average Bonchev–Trinajstić information content (AvgIpc) is 3.74. The summed E-state index contributed by atoms with van der Waals surface area (Å²) < 4.78 is 10.9. The summed E-state index contributed by atoms with van der Waals surface area (Å²) in [6.45, 7) is 3.84. The van der Waals surface area contributed by atoms with Crippen molar-refractivity contribution >= 4 is 5.91 Å². The van der Waals surface area contributed by atoms with Gasteiger partial charge in [-0.2, -0.15) is 0 Å². The summed E-state index contributed by atoms with van der Waals surface area (Å²) in [7, 11) is 5.22. The largest absolute Gasteiger partial charge is 0.497 e. The van der Waals surface area contributed by atoms with Crippen LogP contribution in [-0.2, 0) is 11.3 Å². The fourth-order valence-corrected chi connectivity index (χ4v) is 5.61.